The molecular weight excluding hydrogens is 465 g/mol. The van der Waals surface area contributed by atoms with Crippen molar-refractivity contribution in [1.82, 2.24) is 29.7 Å². The van der Waals surface area contributed by atoms with Crippen molar-refractivity contribution in [2.75, 3.05) is 43.1 Å². The summed E-state index contributed by atoms with van der Waals surface area (Å²) in [5, 5.41) is 17.2. The number of alkyl halides is 3. The van der Waals surface area contributed by atoms with Crippen LogP contribution in [0.2, 0.25) is 0 Å². The Hall–Kier alpha value is -3.06. The molecule has 0 aliphatic carbocycles. The van der Waals surface area contributed by atoms with Gasteiger partial charge < -0.3 is 20.1 Å². The zero-order valence-corrected chi connectivity index (χ0v) is 19.7. The van der Waals surface area contributed by atoms with Gasteiger partial charge in [0.2, 0.25) is 11.9 Å². The highest BCUT2D eigenvalue weighted by molar-refractivity contribution is 5.90. The van der Waals surface area contributed by atoms with Gasteiger partial charge in [0.25, 0.3) is 0 Å². The number of ether oxygens (including phenoxy) is 1. The number of aromatic nitrogens is 6. The number of nitrogens with one attached hydrogen (secondary N) is 1. The number of hydrogen-bond acceptors (Lipinski definition) is 9. The van der Waals surface area contributed by atoms with Crippen LogP contribution in [0, 0.1) is 12.8 Å². The van der Waals surface area contributed by atoms with Crippen molar-refractivity contribution in [1.29, 1.82) is 0 Å². The first-order chi connectivity index (χ1) is 16.8. The van der Waals surface area contributed by atoms with E-state index in [2.05, 4.69) is 25.3 Å². The lowest BCUT2D eigenvalue weighted by Gasteiger charge is -2.31. The molecule has 0 atom stereocenters. The highest BCUT2D eigenvalue weighted by Gasteiger charge is 2.28. The average Bonchev–Trinajstić information content (AvgIpc) is 3.19. The number of aryl methyl sites for hydroxylation is 2. The van der Waals surface area contributed by atoms with Gasteiger partial charge in [0.1, 0.15) is 17.6 Å². The normalized spacial score (nSPS) is 15.2. The lowest BCUT2D eigenvalue weighted by Crippen LogP contribution is -2.36. The van der Waals surface area contributed by atoms with Gasteiger partial charge in [-0.3, -0.25) is 4.68 Å². The number of fused-ring (bicyclic) bond motifs is 1. The fourth-order valence-corrected chi connectivity index (χ4v) is 4.03. The second-order valence-electron chi connectivity index (χ2n) is 8.52. The lowest BCUT2D eigenvalue weighted by molar-refractivity contribution is -0.174. The van der Waals surface area contributed by atoms with E-state index < -0.39 is 12.8 Å². The van der Waals surface area contributed by atoms with Gasteiger partial charge in [-0.2, -0.15) is 23.3 Å². The predicted octanol–water partition coefficient (Wildman–Crippen LogP) is 3.02. The van der Waals surface area contributed by atoms with Crippen molar-refractivity contribution in [3.63, 3.8) is 0 Å². The minimum atomic E-state index is -4.39. The van der Waals surface area contributed by atoms with E-state index >= 15 is 0 Å². The molecule has 3 aromatic heterocycles. The first-order valence-electron chi connectivity index (χ1n) is 11.6. The van der Waals surface area contributed by atoms with Gasteiger partial charge in [-0.05, 0) is 38.2 Å². The Morgan fingerprint density at radius 2 is 1.97 bits per heavy atom. The minimum Gasteiger partial charge on any atom is -0.396 e. The van der Waals surface area contributed by atoms with Crippen molar-refractivity contribution in [2.45, 2.75) is 45.8 Å². The number of halogens is 3. The molecule has 0 saturated carbocycles. The molecule has 4 rings (SSSR count). The predicted molar refractivity (Wildman–Crippen MR) is 124 cm³/mol. The number of aliphatic hydroxyl groups is 1. The van der Waals surface area contributed by atoms with E-state index in [1.165, 1.54) is 0 Å². The molecule has 1 aliphatic rings. The van der Waals surface area contributed by atoms with Crippen LogP contribution >= 0.6 is 0 Å². The number of rotatable bonds is 9. The second-order valence-corrected chi connectivity index (χ2v) is 8.52. The SMILES string of the molecule is CCc1nn(CCOCC(F)(F)F)c2c(Nc3nccc(C)n3)nc(N3CCC(CO)CC3)nc12. The van der Waals surface area contributed by atoms with Gasteiger partial charge in [-0.15, -0.1) is 0 Å². The van der Waals surface area contributed by atoms with Gasteiger partial charge in [0.15, 0.2) is 5.82 Å². The fourth-order valence-electron chi connectivity index (χ4n) is 4.03. The van der Waals surface area contributed by atoms with Crippen LogP contribution in [0.15, 0.2) is 12.3 Å². The molecule has 0 radical (unpaired) electrons. The summed E-state index contributed by atoms with van der Waals surface area (Å²) in [5.41, 5.74) is 2.64. The van der Waals surface area contributed by atoms with Gasteiger partial charge in [-0.1, -0.05) is 6.92 Å². The first-order valence-corrected chi connectivity index (χ1v) is 11.6. The maximum atomic E-state index is 12.5. The van der Waals surface area contributed by atoms with Crippen LogP contribution in [0.4, 0.5) is 30.9 Å². The number of hydrogen-bond donors (Lipinski definition) is 2. The van der Waals surface area contributed by atoms with Crippen LogP contribution in [0.1, 0.15) is 31.2 Å². The summed E-state index contributed by atoms with van der Waals surface area (Å²) in [5.74, 6) is 1.54. The van der Waals surface area contributed by atoms with E-state index in [9.17, 15) is 18.3 Å². The zero-order valence-electron chi connectivity index (χ0n) is 19.7. The molecular formula is C22H29F3N8O2. The highest BCUT2D eigenvalue weighted by atomic mass is 19.4. The summed E-state index contributed by atoms with van der Waals surface area (Å²) in [6.45, 7) is 3.97. The molecule has 2 N–H and O–H groups in total. The molecule has 0 amide bonds. The standard InChI is InChI=1S/C22H29F3N8O2/c1-3-16-17-18(33(31-16)10-11-35-13-22(23,24)25)19(29-20-26-7-4-14(2)27-20)30-21(28-17)32-8-5-15(12-34)6-9-32/h4,7,15,34H,3,5-6,8-13H2,1-2H3,(H,26,27,28,29,30). The van der Waals surface area contributed by atoms with Gasteiger partial charge in [-0.25, -0.2) is 15.0 Å². The molecule has 10 nitrogen and oxygen atoms in total. The smallest absolute Gasteiger partial charge is 0.396 e. The van der Waals surface area contributed by atoms with Crippen LogP contribution in [0.3, 0.4) is 0 Å². The van der Waals surface area contributed by atoms with Crippen molar-refractivity contribution in [3.05, 3.63) is 23.7 Å². The molecule has 35 heavy (non-hydrogen) atoms. The van der Waals surface area contributed by atoms with Crippen LogP contribution in [-0.4, -0.2) is 73.9 Å². The monoisotopic (exact) mass is 494 g/mol. The van der Waals surface area contributed by atoms with Crippen molar-refractivity contribution in [2.24, 2.45) is 5.92 Å². The summed E-state index contributed by atoms with van der Waals surface area (Å²) in [7, 11) is 0. The molecule has 1 aliphatic heterocycles. The molecule has 0 spiro atoms. The topological polar surface area (TPSA) is 114 Å². The number of aliphatic hydroxyl groups excluding tert-OH is 1. The summed E-state index contributed by atoms with van der Waals surface area (Å²) in [6.07, 6.45) is -0.520. The van der Waals surface area contributed by atoms with E-state index in [4.69, 9.17) is 14.7 Å². The Morgan fingerprint density at radius 3 is 2.63 bits per heavy atom. The zero-order chi connectivity index (χ0) is 25.0. The fraction of sp³-hybridized carbons (Fsp3) is 0.591. The van der Waals surface area contributed by atoms with E-state index in [-0.39, 0.29) is 25.7 Å². The van der Waals surface area contributed by atoms with E-state index in [0.717, 1.165) is 18.5 Å². The van der Waals surface area contributed by atoms with Crippen LogP contribution < -0.4 is 10.2 Å². The highest BCUT2D eigenvalue weighted by Crippen LogP contribution is 2.30. The molecule has 0 bridgehead atoms. The summed E-state index contributed by atoms with van der Waals surface area (Å²) in [6, 6.07) is 1.77. The number of nitrogens with zero attached hydrogens (tertiary/aromatic N) is 7. The van der Waals surface area contributed by atoms with Gasteiger partial charge in [0.05, 0.1) is 18.8 Å². The molecule has 3 aromatic rings. The average molecular weight is 495 g/mol. The van der Waals surface area contributed by atoms with E-state index in [0.29, 0.717) is 54.0 Å². The van der Waals surface area contributed by atoms with Crippen LogP contribution in [0.25, 0.3) is 11.0 Å². The second kappa shape index (κ2) is 10.7. The van der Waals surface area contributed by atoms with Crippen LogP contribution in [-0.2, 0) is 17.7 Å². The third-order valence-electron chi connectivity index (χ3n) is 5.87. The molecule has 1 saturated heterocycles. The summed E-state index contributed by atoms with van der Waals surface area (Å²) in [4.78, 5) is 20.3. The Kier molecular flexibility index (Phi) is 7.65. The van der Waals surface area contributed by atoms with E-state index in [1.807, 2.05) is 13.8 Å². The quantitative estimate of drug-likeness (QED) is 0.433. The third kappa shape index (κ3) is 6.14. The maximum Gasteiger partial charge on any atom is 0.411 e. The number of piperidine rings is 1. The number of anilines is 3. The Labute approximate surface area is 200 Å². The van der Waals surface area contributed by atoms with Gasteiger partial charge in [0, 0.05) is 31.6 Å². The Bertz CT molecular complexity index is 1150. The Morgan fingerprint density at radius 1 is 1.20 bits per heavy atom. The molecule has 0 aromatic carbocycles. The molecule has 0 unspecified atom stereocenters. The van der Waals surface area contributed by atoms with Crippen LogP contribution in [0.5, 0.6) is 0 Å². The molecule has 190 valence electrons. The molecule has 1 fully saturated rings. The van der Waals surface area contributed by atoms with Crippen molar-refractivity contribution in [3.8, 4) is 0 Å². The molecule has 4 heterocycles. The Balaban J connectivity index is 1.71. The van der Waals surface area contributed by atoms with Gasteiger partial charge >= 0.3 is 6.18 Å². The van der Waals surface area contributed by atoms with E-state index in [1.54, 1.807) is 16.9 Å². The third-order valence-corrected chi connectivity index (χ3v) is 5.87. The molecule has 13 heteroatoms. The largest absolute Gasteiger partial charge is 0.411 e. The maximum absolute atomic E-state index is 12.5. The lowest BCUT2D eigenvalue weighted by atomic mass is 9.98. The first kappa shape index (κ1) is 25.0. The van der Waals surface area contributed by atoms with Crippen molar-refractivity contribution < 1.29 is 23.0 Å². The van der Waals surface area contributed by atoms with Crippen molar-refractivity contribution >= 4 is 28.7 Å². The summed E-state index contributed by atoms with van der Waals surface area (Å²) < 4.78 is 43.9. The summed E-state index contributed by atoms with van der Waals surface area (Å²) >= 11 is 0. The minimum absolute atomic E-state index is 0.0978.